The molecule has 0 unspecified atom stereocenters. The number of allylic oxidation sites excluding steroid dienone is 3. The molecule has 1 aliphatic heterocycles. The Morgan fingerprint density at radius 2 is 1.93 bits per heavy atom. The number of hydrogen-bond donors (Lipinski definition) is 1. The number of ether oxygens (including phenoxy) is 1. The van der Waals surface area contributed by atoms with Crippen molar-refractivity contribution in [3.05, 3.63) is 80.3 Å². The predicted octanol–water partition coefficient (Wildman–Crippen LogP) is 4.98. The number of thiophene rings is 1. The largest absolute Gasteiger partial charge is 0.463 e. The van der Waals surface area contributed by atoms with Gasteiger partial charge in [-0.05, 0) is 55.7 Å². The molecule has 0 radical (unpaired) electrons. The highest BCUT2D eigenvalue weighted by molar-refractivity contribution is 7.10. The van der Waals surface area contributed by atoms with Crippen molar-refractivity contribution < 1.29 is 14.3 Å². The smallest absolute Gasteiger partial charge is 0.336 e. The first-order chi connectivity index (χ1) is 14.0. The minimum Gasteiger partial charge on any atom is -0.463 e. The zero-order valence-electron chi connectivity index (χ0n) is 17.0. The van der Waals surface area contributed by atoms with Crippen LogP contribution in [0, 0.1) is 6.92 Å². The molecule has 0 bridgehead atoms. The molecule has 0 amide bonds. The van der Waals surface area contributed by atoms with Crippen LogP contribution in [0.4, 0.5) is 0 Å². The van der Waals surface area contributed by atoms with Gasteiger partial charge in [0.15, 0.2) is 5.78 Å². The monoisotopic (exact) mass is 407 g/mol. The van der Waals surface area contributed by atoms with Crippen molar-refractivity contribution in [2.75, 3.05) is 6.61 Å². The molecule has 0 saturated carbocycles. The van der Waals surface area contributed by atoms with Crippen molar-refractivity contribution in [3.63, 3.8) is 0 Å². The highest BCUT2D eigenvalue weighted by Gasteiger charge is 2.42. The molecule has 2 heterocycles. The number of nitrogens with one attached hydrogen (secondary N) is 1. The van der Waals surface area contributed by atoms with E-state index >= 15 is 0 Å². The first-order valence-corrected chi connectivity index (χ1v) is 10.9. The van der Waals surface area contributed by atoms with Gasteiger partial charge in [-0.3, -0.25) is 4.79 Å². The van der Waals surface area contributed by atoms with E-state index in [0.717, 1.165) is 33.8 Å². The lowest BCUT2D eigenvalue weighted by Crippen LogP contribution is -2.36. The highest BCUT2D eigenvalue weighted by atomic mass is 32.1. The van der Waals surface area contributed by atoms with E-state index in [1.165, 1.54) is 5.56 Å². The second-order valence-electron chi connectivity index (χ2n) is 7.62. The summed E-state index contributed by atoms with van der Waals surface area (Å²) in [5, 5.41) is 5.41. The van der Waals surface area contributed by atoms with Gasteiger partial charge in [0.25, 0.3) is 0 Å². The molecule has 1 N–H and O–H groups in total. The van der Waals surface area contributed by atoms with Crippen LogP contribution in [0.1, 0.15) is 54.5 Å². The maximum absolute atomic E-state index is 13.4. The lowest BCUT2D eigenvalue weighted by atomic mass is 9.73. The Hall–Kier alpha value is -2.66. The van der Waals surface area contributed by atoms with Crippen LogP contribution in [0.2, 0.25) is 0 Å². The summed E-state index contributed by atoms with van der Waals surface area (Å²) in [7, 11) is 0. The summed E-state index contributed by atoms with van der Waals surface area (Å²) in [6.07, 6.45) is 1.22. The third-order valence-corrected chi connectivity index (χ3v) is 6.84. The van der Waals surface area contributed by atoms with Gasteiger partial charge in [-0.15, -0.1) is 11.3 Å². The van der Waals surface area contributed by atoms with Gasteiger partial charge in [-0.25, -0.2) is 4.79 Å². The number of aryl methyl sites for hydroxylation is 1. The van der Waals surface area contributed by atoms with E-state index in [-0.39, 0.29) is 23.6 Å². The van der Waals surface area contributed by atoms with Gasteiger partial charge in [-0.1, -0.05) is 30.3 Å². The number of esters is 1. The SMILES string of the molecule is CCOC(=O)C1=C(C)NC2=C(C(=O)C[C@H](c3ccccc3)C2)[C@@H]1c1sccc1C. The van der Waals surface area contributed by atoms with Crippen LogP contribution in [0.25, 0.3) is 0 Å². The number of dihydropyridines is 1. The zero-order chi connectivity index (χ0) is 20.5. The minimum absolute atomic E-state index is 0.111. The van der Waals surface area contributed by atoms with E-state index in [4.69, 9.17) is 4.74 Å². The maximum atomic E-state index is 13.4. The second kappa shape index (κ2) is 7.99. The Balaban J connectivity index is 1.80. The average molecular weight is 408 g/mol. The summed E-state index contributed by atoms with van der Waals surface area (Å²) in [6, 6.07) is 12.2. The van der Waals surface area contributed by atoms with Gasteiger partial charge in [0.2, 0.25) is 0 Å². The number of carbonyl (C=O) groups is 2. The normalized spacial score (nSPS) is 21.7. The third-order valence-electron chi connectivity index (χ3n) is 5.76. The number of carbonyl (C=O) groups excluding carboxylic acids is 2. The molecular formula is C24H25NO3S. The Morgan fingerprint density at radius 3 is 2.59 bits per heavy atom. The van der Waals surface area contributed by atoms with E-state index in [1.807, 2.05) is 43.5 Å². The second-order valence-corrected chi connectivity index (χ2v) is 8.56. The molecule has 5 heteroatoms. The van der Waals surface area contributed by atoms with Gasteiger partial charge >= 0.3 is 5.97 Å². The molecule has 1 aromatic carbocycles. The highest BCUT2D eigenvalue weighted by Crippen LogP contribution is 2.47. The quantitative estimate of drug-likeness (QED) is 0.726. The van der Waals surface area contributed by atoms with Crippen LogP contribution in [0.3, 0.4) is 0 Å². The van der Waals surface area contributed by atoms with Crippen molar-refractivity contribution in [2.24, 2.45) is 0 Å². The van der Waals surface area contributed by atoms with Gasteiger partial charge in [0.05, 0.1) is 18.1 Å². The van der Waals surface area contributed by atoms with Crippen LogP contribution in [0.15, 0.2) is 64.3 Å². The number of hydrogen-bond acceptors (Lipinski definition) is 5. The van der Waals surface area contributed by atoms with Crippen LogP contribution in [-0.4, -0.2) is 18.4 Å². The van der Waals surface area contributed by atoms with Crippen molar-refractivity contribution in [1.29, 1.82) is 0 Å². The molecule has 0 saturated heterocycles. The molecule has 4 rings (SSSR count). The van der Waals surface area contributed by atoms with Crippen LogP contribution < -0.4 is 5.32 Å². The first-order valence-electron chi connectivity index (χ1n) is 10.0. The predicted molar refractivity (Wildman–Crippen MR) is 115 cm³/mol. The van der Waals surface area contributed by atoms with Crippen molar-refractivity contribution >= 4 is 23.1 Å². The fraction of sp³-hybridized carbons (Fsp3) is 0.333. The summed E-state index contributed by atoms with van der Waals surface area (Å²) in [5.41, 5.74) is 5.29. The molecule has 150 valence electrons. The van der Waals surface area contributed by atoms with Crippen LogP contribution >= 0.6 is 11.3 Å². The molecule has 1 aromatic heterocycles. The maximum Gasteiger partial charge on any atom is 0.336 e. The van der Waals surface area contributed by atoms with E-state index < -0.39 is 0 Å². The first kappa shape index (κ1) is 19.6. The topological polar surface area (TPSA) is 55.4 Å². The Labute approximate surface area is 175 Å². The molecule has 2 aromatic rings. The van der Waals surface area contributed by atoms with E-state index in [1.54, 1.807) is 18.3 Å². The molecule has 0 fully saturated rings. The van der Waals surface area contributed by atoms with E-state index in [2.05, 4.69) is 17.4 Å². The number of benzene rings is 1. The Morgan fingerprint density at radius 1 is 1.17 bits per heavy atom. The minimum atomic E-state index is -0.352. The molecular weight excluding hydrogens is 382 g/mol. The third kappa shape index (κ3) is 3.55. The van der Waals surface area contributed by atoms with Gasteiger partial charge in [0.1, 0.15) is 0 Å². The number of ketones is 1. The summed E-state index contributed by atoms with van der Waals surface area (Å²) < 4.78 is 5.36. The summed E-state index contributed by atoms with van der Waals surface area (Å²) >= 11 is 1.60. The molecule has 1 aliphatic carbocycles. The molecule has 0 spiro atoms. The zero-order valence-corrected chi connectivity index (χ0v) is 17.8. The van der Waals surface area contributed by atoms with Gasteiger partial charge < -0.3 is 10.1 Å². The fourth-order valence-electron chi connectivity index (χ4n) is 4.42. The van der Waals surface area contributed by atoms with Gasteiger partial charge in [-0.2, -0.15) is 0 Å². The van der Waals surface area contributed by atoms with E-state index in [9.17, 15) is 9.59 Å². The number of Topliss-reactive ketones (excluding diaryl/α,β-unsaturated/α-hetero) is 1. The van der Waals surface area contributed by atoms with E-state index in [0.29, 0.717) is 18.6 Å². The number of rotatable bonds is 4. The molecule has 2 atom stereocenters. The standard InChI is InChI=1S/C24H25NO3S/c1-4-28-24(27)20-15(3)25-18-12-17(16-8-6-5-7-9-16)13-19(26)21(18)22(20)23-14(2)10-11-29-23/h5-11,17,22,25H,4,12-13H2,1-3H3/t17-,22-/m1/s1. The molecule has 2 aliphatic rings. The Bertz CT molecular complexity index is 1020. The van der Waals surface area contributed by atoms with Crippen LogP contribution in [0.5, 0.6) is 0 Å². The molecule has 4 nitrogen and oxygen atoms in total. The molecule has 29 heavy (non-hydrogen) atoms. The fourth-order valence-corrected chi connectivity index (χ4v) is 5.47. The van der Waals surface area contributed by atoms with Crippen molar-refractivity contribution in [2.45, 2.75) is 45.4 Å². The van der Waals surface area contributed by atoms with Crippen LogP contribution in [-0.2, 0) is 14.3 Å². The summed E-state index contributed by atoms with van der Waals surface area (Å²) in [6.45, 7) is 6.05. The van der Waals surface area contributed by atoms with Crippen molar-refractivity contribution in [1.82, 2.24) is 5.32 Å². The lowest BCUT2D eigenvalue weighted by Gasteiger charge is -2.36. The average Bonchev–Trinajstić information content (AvgIpc) is 3.13. The Kier molecular flexibility index (Phi) is 5.41. The summed E-state index contributed by atoms with van der Waals surface area (Å²) in [4.78, 5) is 27.3. The lowest BCUT2D eigenvalue weighted by molar-refractivity contribution is -0.138. The summed E-state index contributed by atoms with van der Waals surface area (Å²) in [5.74, 6) is -0.439. The van der Waals surface area contributed by atoms with Gasteiger partial charge in [0, 0.05) is 28.3 Å². The van der Waals surface area contributed by atoms with Crippen molar-refractivity contribution in [3.8, 4) is 0 Å².